The summed E-state index contributed by atoms with van der Waals surface area (Å²) in [6, 6.07) is 9.51. The molecule has 2 aromatic carbocycles. The minimum absolute atomic E-state index is 0.348. The summed E-state index contributed by atoms with van der Waals surface area (Å²) in [5.41, 5.74) is 2.56. The number of amides is 3. The second-order valence-corrected chi connectivity index (χ2v) is 6.56. The number of aryl methyl sites for hydroxylation is 2. The highest BCUT2D eigenvalue weighted by Crippen LogP contribution is 2.32. The lowest BCUT2D eigenvalue weighted by molar-refractivity contribution is -0.150. The summed E-state index contributed by atoms with van der Waals surface area (Å²) in [5.74, 6) is 0.111. The number of carbonyl (C=O) groups excluding carboxylic acids is 3. The number of esters is 1. The van der Waals surface area contributed by atoms with Gasteiger partial charge in [0.15, 0.2) is 24.7 Å². The summed E-state index contributed by atoms with van der Waals surface area (Å²) in [7, 11) is 0. The maximum absolute atomic E-state index is 11.9. The molecule has 2 aromatic rings. The third-order valence-electron chi connectivity index (χ3n) is 4.25. The molecule has 2 N–H and O–H groups in total. The predicted molar refractivity (Wildman–Crippen MR) is 107 cm³/mol. The van der Waals surface area contributed by atoms with E-state index in [1.54, 1.807) is 30.3 Å². The number of imide groups is 1. The fourth-order valence-electron chi connectivity index (χ4n) is 2.58. The molecule has 0 unspecified atom stereocenters. The molecular weight excluding hydrogens is 392 g/mol. The lowest BCUT2D eigenvalue weighted by Gasteiger charge is -2.19. The summed E-state index contributed by atoms with van der Waals surface area (Å²) in [6.45, 7) is 3.82. The normalized spacial score (nSPS) is 11.9. The molecule has 0 saturated heterocycles. The third kappa shape index (κ3) is 5.87. The molecule has 0 saturated carbocycles. The van der Waals surface area contributed by atoms with Crippen LogP contribution in [0.4, 0.5) is 10.5 Å². The molecule has 1 aliphatic heterocycles. The summed E-state index contributed by atoms with van der Waals surface area (Å²) < 4.78 is 21.0. The number of rotatable bonds is 6. The molecular formula is C21H22N2O7. The van der Waals surface area contributed by atoms with Crippen LogP contribution < -0.4 is 24.8 Å². The van der Waals surface area contributed by atoms with E-state index in [1.807, 2.05) is 19.9 Å². The molecule has 0 fully saturated rings. The van der Waals surface area contributed by atoms with Gasteiger partial charge >= 0.3 is 12.0 Å². The monoisotopic (exact) mass is 414 g/mol. The van der Waals surface area contributed by atoms with Crippen molar-refractivity contribution in [1.82, 2.24) is 5.32 Å². The Balaban J connectivity index is 1.38. The Bertz CT molecular complexity index is 958. The van der Waals surface area contributed by atoms with Crippen molar-refractivity contribution in [3.63, 3.8) is 0 Å². The molecule has 9 heteroatoms. The van der Waals surface area contributed by atoms with E-state index in [2.05, 4.69) is 10.6 Å². The Morgan fingerprint density at radius 2 is 1.70 bits per heavy atom. The van der Waals surface area contributed by atoms with E-state index in [-0.39, 0.29) is 6.61 Å². The van der Waals surface area contributed by atoms with Crippen molar-refractivity contribution < 1.29 is 33.3 Å². The number of carbonyl (C=O) groups is 3. The first-order chi connectivity index (χ1) is 14.4. The van der Waals surface area contributed by atoms with E-state index in [0.717, 1.165) is 11.1 Å². The first-order valence-electron chi connectivity index (χ1n) is 9.27. The maximum Gasteiger partial charge on any atom is 0.344 e. The van der Waals surface area contributed by atoms with Crippen LogP contribution in [0.2, 0.25) is 0 Å². The first kappa shape index (κ1) is 21.0. The van der Waals surface area contributed by atoms with Gasteiger partial charge in [-0.25, -0.2) is 9.59 Å². The number of hydrogen-bond donors (Lipinski definition) is 2. The molecule has 0 atom stereocenters. The van der Waals surface area contributed by atoms with Crippen molar-refractivity contribution in [2.75, 3.05) is 31.7 Å². The fraction of sp³-hybridized carbons (Fsp3) is 0.286. The highest BCUT2D eigenvalue weighted by molar-refractivity contribution is 6.02. The Kier molecular flexibility index (Phi) is 6.74. The van der Waals surface area contributed by atoms with E-state index >= 15 is 0 Å². The van der Waals surface area contributed by atoms with Crippen LogP contribution in [-0.2, 0) is 14.3 Å². The molecule has 0 spiro atoms. The molecule has 1 heterocycles. The van der Waals surface area contributed by atoms with Crippen LogP contribution >= 0.6 is 0 Å². The summed E-state index contributed by atoms with van der Waals surface area (Å²) >= 11 is 0. The van der Waals surface area contributed by atoms with Crippen LogP contribution in [0, 0.1) is 13.8 Å². The Hall–Kier alpha value is -3.75. The minimum atomic E-state index is -0.774. The Labute approximate surface area is 173 Å². The largest absolute Gasteiger partial charge is 0.486 e. The molecule has 1 aliphatic rings. The average Bonchev–Trinajstić information content (AvgIpc) is 2.73. The van der Waals surface area contributed by atoms with Crippen molar-refractivity contribution in [1.29, 1.82) is 0 Å². The molecule has 9 nitrogen and oxygen atoms in total. The third-order valence-corrected chi connectivity index (χ3v) is 4.25. The number of nitrogens with one attached hydrogen (secondary N) is 2. The van der Waals surface area contributed by atoms with Crippen molar-refractivity contribution in [2.45, 2.75) is 13.8 Å². The fourth-order valence-corrected chi connectivity index (χ4v) is 2.58. The SMILES string of the molecule is Cc1ccc(OCC(=O)OCC(=O)NC(=O)Nc2ccc3c(c2)OCCO3)cc1C. The van der Waals surface area contributed by atoms with Crippen LogP contribution in [0.25, 0.3) is 0 Å². The molecule has 3 rings (SSSR count). The van der Waals surface area contributed by atoms with Crippen LogP contribution in [0.1, 0.15) is 11.1 Å². The summed E-state index contributed by atoms with van der Waals surface area (Å²) in [4.78, 5) is 35.5. The number of ether oxygens (including phenoxy) is 4. The minimum Gasteiger partial charge on any atom is -0.486 e. The van der Waals surface area contributed by atoms with Gasteiger partial charge in [0.05, 0.1) is 0 Å². The van der Waals surface area contributed by atoms with E-state index < -0.39 is 24.5 Å². The van der Waals surface area contributed by atoms with Gasteiger partial charge in [0, 0.05) is 11.8 Å². The maximum atomic E-state index is 11.9. The first-order valence-corrected chi connectivity index (χ1v) is 9.27. The highest BCUT2D eigenvalue weighted by atomic mass is 16.6. The lowest BCUT2D eigenvalue weighted by atomic mass is 10.1. The van der Waals surface area contributed by atoms with Gasteiger partial charge in [0.25, 0.3) is 5.91 Å². The van der Waals surface area contributed by atoms with Crippen molar-refractivity contribution in [3.8, 4) is 17.2 Å². The highest BCUT2D eigenvalue weighted by Gasteiger charge is 2.15. The van der Waals surface area contributed by atoms with E-state index in [4.69, 9.17) is 18.9 Å². The zero-order valence-electron chi connectivity index (χ0n) is 16.7. The zero-order chi connectivity index (χ0) is 21.5. The predicted octanol–water partition coefficient (Wildman–Crippen LogP) is 2.34. The standard InChI is InChI=1S/C21H22N2O7/c1-13-3-5-16(9-14(13)2)29-12-20(25)30-11-19(24)23-21(26)22-15-4-6-17-18(10-15)28-8-7-27-17/h3-6,9-10H,7-8,11-12H2,1-2H3,(H2,22,23,24,26). The molecule has 0 aliphatic carbocycles. The molecule has 158 valence electrons. The van der Waals surface area contributed by atoms with Gasteiger partial charge < -0.3 is 24.3 Å². The Morgan fingerprint density at radius 1 is 0.933 bits per heavy atom. The number of fused-ring (bicyclic) bond motifs is 1. The zero-order valence-corrected chi connectivity index (χ0v) is 16.7. The smallest absolute Gasteiger partial charge is 0.344 e. The second kappa shape index (κ2) is 9.64. The second-order valence-electron chi connectivity index (χ2n) is 6.56. The van der Waals surface area contributed by atoms with Gasteiger partial charge in [-0.1, -0.05) is 6.07 Å². The average molecular weight is 414 g/mol. The van der Waals surface area contributed by atoms with Crippen molar-refractivity contribution in [2.24, 2.45) is 0 Å². The molecule has 3 amide bonds. The lowest BCUT2D eigenvalue weighted by Crippen LogP contribution is -2.37. The molecule has 0 bridgehead atoms. The van der Waals surface area contributed by atoms with E-state index in [1.165, 1.54) is 0 Å². The number of anilines is 1. The topological polar surface area (TPSA) is 112 Å². The van der Waals surface area contributed by atoms with Crippen LogP contribution in [-0.4, -0.2) is 44.3 Å². The van der Waals surface area contributed by atoms with Gasteiger partial charge in [0.1, 0.15) is 19.0 Å². The number of benzene rings is 2. The quantitative estimate of drug-likeness (QED) is 0.698. The molecule has 0 radical (unpaired) electrons. The van der Waals surface area contributed by atoms with Crippen LogP contribution in [0.15, 0.2) is 36.4 Å². The van der Waals surface area contributed by atoms with Gasteiger partial charge in [0.2, 0.25) is 0 Å². The van der Waals surface area contributed by atoms with E-state index in [9.17, 15) is 14.4 Å². The van der Waals surface area contributed by atoms with Crippen molar-refractivity contribution in [3.05, 3.63) is 47.5 Å². The Morgan fingerprint density at radius 3 is 2.47 bits per heavy atom. The molecule has 0 aromatic heterocycles. The summed E-state index contributed by atoms with van der Waals surface area (Å²) in [5, 5.41) is 4.57. The van der Waals surface area contributed by atoms with Gasteiger partial charge in [-0.2, -0.15) is 0 Å². The van der Waals surface area contributed by atoms with Crippen LogP contribution in [0.5, 0.6) is 17.2 Å². The number of hydrogen-bond acceptors (Lipinski definition) is 7. The van der Waals surface area contributed by atoms with E-state index in [0.29, 0.717) is 36.1 Å². The summed E-state index contributed by atoms with van der Waals surface area (Å²) in [6.07, 6.45) is 0. The van der Waals surface area contributed by atoms with Crippen molar-refractivity contribution >= 4 is 23.6 Å². The van der Waals surface area contributed by atoms with Gasteiger partial charge in [-0.15, -0.1) is 0 Å². The van der Waals surface area contributed by atoms with Gasteiger partial charge in [-0.3, -0.25) is 10.1 Å². The van der Waals surface area contributed by atoms with Gasteiger partial charge in [-0.05, 0) is 49.2 Å². The molecule has 30 heavy (non-hydrogen) atoms. The van der Waals surface area contributed by atoms with Crippen LogP contribution in [0.3, 0.4) is 0 Å². The number of urea groups is 1.